The molecule has 0 heterocycles. The van der Waals surface area contributed by atoms with Crippen molar-refractivity contribution >= 4 is 5.97 Å². The summed E-state index contributed by atoms with van der Waals surface area (Å²) in [5.74, 6) is 0.0909. The largest absolute Gasteiger partial charge is 0.490 e. The molecular formula is C17H24O3. The third-order valence-corrected chi connectivity index (χ3v) is 4.10. The monoisotopic (exact) mass is 276 g/mol. The van der Waals surface area contributed by atoms with Crippen LogP contribution in [0.15, 0.2) is 18.2 Å². The van der Waals surface area contributed by atoms with Crippen LogP contribution >= 0.6 is 0 Å². The average molecular weight is 276 g/mol. The van der Waals surface area contributed by atoms with E-state index in [0.717, 1.165) is 29.7 Å². The van der Waals surface area contributed by atoms with Crippen LogP contribution in [0, 0.1) is 6.92 Å². The van der Waals surface area contributed by atoms with Gasteiger partial charge in [-0.25, -0.2) is 0 Å². The Morgan fingerprint density at radius 2 is 2.00 bits per heavy atom. The van der Waals surface area contributed by atoms with Crippen LogP contribution in [0.3, 0.4) is 0 Å². The standard InChI is InChI=1S/C17H24O3/c1-12-7-6-10-14(20-13-8-4-5-9-13)16(12)17(2,3)11-15(18)19/h6-7,10,13H,4-5,8-9,11H2,1-3H3,(H,18,19). The van der Waals surface area contributed by atoms with Crippen LogP contribution in [0.4, 0.5) is 0 Å². The van der Waals surface area contributed by atoms with Gasteiger partial charge >= 0.3 is 5.97 Å². The van der Waals surface area contributed by atoms with Gasteiger partial charge in [-0.05, 0) is 44.2 Å². The molecule has 1 aliphatic carbocycles. The molecule has 0 spiro atoms. The van der Waals surface area contributed by atoms with Gasteiger partial charge in [-0.15, -0.1) is 0 Å². The zero-order valence-corrected chi connectivity index (χ0v) is 12.6. The van der Waals surface area contributed by atoms with Crippen molar-refractivity contribution in [3.63, 3.8) is 0 Å². The Kier molecular flexibility index (Phi) is 4.36. The summed E-state index contributed by atoms with van der Waals surface area (Å²) in [5.41, 5.74) is 1.71. The number of carbonyl (C=O) groups is 1. The first kappa shape index (κ1) is 14.9. The Balaban J connectivity index is 2.32. The normalized spacial score (nSPS) is 16.4. The highest BCUT2D eigenvalue weighted by Gasteiger charge is 2.30. The van der Waals surface area contributed by atoms with Crippen molar-refractivity contribution in [3.05, 3.63) is 29.3 Å². The Labute approximate surface area is 121 Å². The Morgan fingerprint density at radius 1 is 1.35 bits per heavy atom. The number of aryl methyl sites for hydroxylation is 1. The topological polar surface area (TPSA) is 46.5 Å². The van der Waals surface area contributed by atoms with E-state index in [1.165, 1.54) is 12.8 Å². The van der Waals surface area contributed by atoms with Gasteiger partial charge in [0.15, 0.2) is 0 Å². The molecule has 3 heteroatoms. The molecule has 2 rings (SSSR count). The summed E-state index contributed by atoms with van der Waals surface area (Å²) < 4.78 is 6.16. The quantitative estimate of drug-likeness (QED) is 0.881. The number of benzene rings is 1. The summed E-state index contributed by atoms with van der Waals surface area (Å²) in [6.45, 7) is 5.98. The molecule has 1 N–H and O–H groups in total. The Hall–Kier alpha value is -1.51. The Bertz CT molecular complexity index is 485. The fourth-order valence-corrected chi connectivity index (χ4v) is 3.26. The highest BCUT2D eigenvalue weighted by atomic mass is 16.5. The van der Waals surface area contributed by atoms with Crippen LogP contribution in [-0.2, 0) is 10.2 Å². The summed E-state index contributed by atoms with van der Waals surface area (Å²) in [6, 6.07) is 5.99. The number of carboxylic acid groups (broad SMARTS) is 1. The summed E-state index contributed by atoms with van der Waals surface area (Å²) in [6.07, 6.45) is 5.06. The molecule has 20 heavy (non-hydrogen) atoms. The Morgan fingerprint density at radius 3 is 2.60 bits per heavy atom. The van der Waals surface area contributed by atoms with Gasteiger partial charge in [0.05, 0.1) is 12.5 Å². The van der Waals surface area contributed by atoms with Crippen molar-refractivity contribution in [3.8, 4) is 5.75 Å². The summed E-state index contributed by atoms with van der Waals surface area (Å²) >= 11 is 0. The molecule has 0 aromatic heterocycles. The molecule has 1 aliphatic rings. The van der Waals surface area contributed by atoms with E-state index in [1.54, 1.807) is 0 Å². The molecule has 0 amide bonds. The van der Waals surface area contributed by atoms with Crippen molar-refractivity contribution in [2.45, 2.75) is 64.4 Å². The summed E-state index contributed by atoms with van der Waals surface area (Å²) in [4.78, 5) is 11.1. The second-order valence-corrected chi connectivity index (χ2v) is 6.43. The fraction of sp³-hybridized carbons (Fsp3) is 0.588. The van der Waals surface area contributed by atoms with Gasteiger partial charge in [-0.1, -0.05) is 26.0 Å². The predicted octanol–water partition coefficient (Wildman–Crippen LogP) is 4.07. The summed E-state index contributed by atoms with van der Waals surface area (Å²) in [5, 5.41) is 9.14. The SMILES string of the molecule is Cc1cccc(OC2CCCC2)c1C(C)(C)CC(=O)O. The molecule has 0 bridgehead atoms. The molecule has 0 unspecified atom stereocenters. The molecule has 0 radical (unpaired) electrons. The zero-order chi connectivity index (χ0) is 14.8. The van der Waals surface area contributed by atoms with Crippen molar-refractivity contribution in [2.75, 3.05) is 0 Å². The molecule has 1 aromatic carbocycles. The fourth-order valence-electron chi connectivity index (χ4n) is 3.26. The third-order valence-electron chi connectivity index (χ3n) is 4.10. The molecular weight excluding hydrogens is 252 g/mol. The minimum absolute atomic E-state index is 0.110. The van der Waals surface area contributed by atoms with Crippen molar-refractivity contribution in [1.29, 1.82) is 0 Å². The number of aliphatic carboxylic acids is 1. The number of hydrogen-bond donors (Lipinski definition) is 1. The van der Waals surface area contributed by atoms with Gasteiger partial charge in [-0.2, -0.15) is 0 Å². The van der Waals surface area contributed by atoms with Gasteiger partial charge < -0.3 is 9.84 Å². The van der Waals surface area contributed by atoms with Crippen molar-refractivity contribution in [2.24, 2.45) is 0 Å². The van der Waals surface area contributed by atoms with E-state index in [0.29, 0.717) is 0 Å². The highest BCUT2D eigenvalue weighted by Crippen LogP contribution is 2.38. The van der Waals surface area contributed by atoms with E-state index in [1.807, 2.05) is 39.0 Å². The van der Waals surface area contributed by atoms with Crippen LogP contribution in [-0.4, -0.2) is 17.2 Å². The number of hydrogen-bond acceptors (Lipinski definition) is 2. The number of rotatable bonds is 5. The number of carboxylic acids is 1. The first-order chi connectivity index (χ1) is 9.40. The van der Waals surface area contributed by atoms with Crippen LogP contribution < -0.4 is 4.74 Å². The molecule has 0 aliphatic heterocycles. The molecule has 1 saturated carbocycles. The zero-order valence-electron chi connectivity index (χ0n) is 12.6. The van der Waals surface area contributed by atoms with Crippen LogP contribution in [0.25, 0.3) is 0 Å². The van der Waals surface area contributed by atoms with E-state index < -0.39 is 11.4 Å². The van der Waals surface area contributed by atoms with E-state index in [4.69, 9.17) is 9.84 Å². The first-order valence-corrected chi connectivity index (χ1v) is 7.39. The minimum Gasteiger partial charge on any atom is -0.490 e. The third kappa shape index (κ3) is 3.33. The van der Waals surface area contributed by atoms with Gasteiger partial charge in [0.1, 0.15) is 5.75 Å². The number of ether oxygens (including phenoxy) is 1. The molecule has 3 nitrogen and oxygen atoms in total. The van der Waals surface area contributed by atoms with Gasteiger partial charge in [-0.3, -0.25) is 4.79 Å². The van der Waals surface area contributed by atoms with Gasteiger partial charge in [0, 0.05) is 11.0 Å². The van der Waals surface area contributed by atoms with Crippen molar-refractivity contribution < 1.29 is 14.6 Å². The van der Waals surface area contributed by atoms with Gasteiger partial charge in [0.2, 0.25) is 0 Å². The van der Waals surface area contributed by atoms with E-state index in [2.05, 4.69) is 0 Å². The molecule has 1 fully saturated rings. The predicted molar refractivity (Wildman–Crippen MR) is 79.3 cm³/mol. The lowest BCUT2D eigenvalue weighted by Crippen LogP contribution is -2.25. The molecule has 110 valence electrons. The second kappa shape index (κ2) is 5.86. The average Bonchev–Trinajstić information content (AvgIpc) is 2.79. The van der Waals surface area contributed by atoms with E-state index in [9.17, 15) is 4.79 Å². The minimum atomic E-state index is -0.773. The highest BCUT2D eigenvalue weighted by molar-refractivity contribution is 5.69. The molecule has 1 aromatic rings. The smallest absolute Gasteiger partial charge is 0.304 e. The van der Waals surface area contributed by atoms with Crippen LogP contribution in [0.5, 0.6) is 5.75 Å². The molecule has 0 saturated heterocycles. The van der Waals surface area contributed by atoms with Crippen LogP contribution in [0.1, 0.15) is 57.1 Å². The van der Waals surface area contributed by atoms with Crippen molar-refractivity contribution in [1.82, 2.24) is 0 Å². The lowest BCUT2D eigenvalue weighted by atomic mass is 9.78. The van der Waals surface area contributed by atoms with E-state index >= 15 is 0 Å². The lowest BCUT2D eigenvalue weighted by Gasteiger charge is -2.29. The lowest BCUT2D eigenvalue weighted by molar-refractivity contribution is -0.138. The maximum absolute atomic E-state index is 11.1. The van der Waals surface area contributed by atoms with Crippen LogP contribution in [0.2, 0.25) is 0 Å². The second-order valence-electron chi connectivity index (χ2n) is 6.43. The summed E-state index contributed by atoms with van der Waals surface area (Å²) in [7, 11) is 0. The maximum atomic E-state index is 11.1. The first-order valence-electron chi connectivity index (χ1n) is 7.39. The van der Waals surface area contributed by atoms with Gasteiger partial charge in [0.25, 0.3) is 0 Å². The maximum Gasteiger partial charge on any atom is 0.304 e. The van der Waals surface area contributed by atoms with E-state index in [-0.39, 0.29) is 12.5 Å². The molecule has 0 atom stereocenters.